The summed E-state index contributed by atoms with van der Waals surface area (Å²) in [7, 11) is 1.62. The van der Waals surface area contributed by atoms with Crippen LogP contribution in [0.15, 0.2) is 69.9 Å². The van der Waals surface area contributed by atoms with Crippen molar-refractivity contribution in [2.24, 2.45) is 0 Å². The summed E-state index contributed by atoms with van der Waals surface area (Å²) in [4.78, 5) is 23.4. The van der Waals surface area contributed by atoms with E-state index in [9.17, 15) is 9.90 Å². The predicted octanol–water partition coefficient (Wildman–Crippen LogP) is 4.58. The van der Waals surface area contributed by atoms with Gasteiger partial charge in [-0.15, -0.1) is 17.9 Å². The van der Waals surface area contributed by atoms with Crippen molar-refractivity contribution in [3.63, 3.8) is 0 Å². The molecule has 0 aliphatic heterocycles. The number of hydrogen-bond acceptors (Lipinski definition) is 7. The summed E-state index contributed by atoms with van der Waals surface area (Å²) in [5.74, 6) is 2.07. The van der Waals surface area contributed by atoms with Crippen molar-refractivity contribution in [2.75, 3.05) is 13.7 Å². The van der Waals surface area contributed by atoms with E-state index in [1.807, 2.05) is 46.7 Å². The molecule has 172 valence electrons. The van der Waals surface area contributed by atoms with Gasteiger partial charge in [0.1, 0.15) is 22.2 Å². The number of aromatic amines is 1. The number of fused-ring (bicyclic) bond motifs is 1. The predicted molar refractivity (Wildman–Crippen MR) is 130 cm³/mol. The lowest BCUT2D eigenvalue weighted by molar-refractivity contribution is 0.0931. The second-order valence-electron chi connectivity index (χ2n) is 7.84. The number of ether oxygens (including phenoxy) is 1. The van der Waals surface area contributed by atoms with Crippen LogP contribution in [0.2, 0.25) is 0 Å². The minimum absolute atomic E-state index is 0.181. The topological polar surface area (TPSA) is 91.6 Å². The summed E-state index contributed by atoms with van der Waals surface area (Å²) in [6, 6.07) is 11.4. The largest absolute Gasteiger partial charge is 0.497 e. The Kier molecular flexibility index (Phi) is 7.39. The molecule has 2 N–H and O–H groups in total. The fourth-order valence-electron chi connectivity index (χ4n) is 3.79. The van der Waals surface area contributed by atoms with E-state index in [1.165, 1.54) is 11.3 Å². The molecule has 8 heteroatoms. The molecule has 0 amide bonds. The molecule has 4 aromatic rings. The number of allylic oxidation sites excluding steroid dienone is 1. The summed E-state index contributed by atoms with van der Waals surface area (Å²) >= 11 is 1.44. The van der Waals surface area contributed by atoms with Crippen molar-refractivity contribution in [2.45, 2.75) is 32.0 Å². The standard InChI is InChI=1S/C25H27N3O4S/c1-3-4-8-18(29)13-28(14-20-10-6-11-32-20)15-22-26-24(30)23-21(16-33-25(23)27-22)17-7-5-9-19(12-17)31-2/h3,5-7,9-12,16,18,29H,1,4,8,13-15H2,2H3,(H,26,27,30). The van der Waals surface area contributed by atoms with Gasteiger partial charge in [-0.05, 0) is 42.7 Å². The highest BCUT2D eigenvalue weighted by atomic mass is 32.1. The highest BCUT2D eigenvalue weighted by Crippen LogP contribution is 2.32. The monoisotopic (exact) mass is 465 g/mol. The van der Waals surface area contributed by atoms with Crippen LogP contribution in [-0.2, 0) is 13.1 Å². The van der Waals surface area contributed by atoms with Crippen LogP contribution >= 0.6 is 11.3 Å². The lowest BCUT2D eigenvalue weighted by atomic mass is 10.1. The summed E-state index contributed by atoms with van der Waals surface area (Å²) in [5, 5.41) is 13.0. The van der Waals surface area contributed by atoms with Gasteiger partial charge in [0.05, 0.1) is 38.0 Å². The van der Waals surface area contributed by atoms with Crippen molar-refractivity contribution < 1.29 is 14.3 Å². The fourth-order valence-corrected chi connectivity index (χ4v) is 4.76. The first-order valence-electron chi connectivity index (χ1n) is 10.8. The molecule has 7 nitrogen and oxygen atoms in total. The van der Waals surface area contributed by atoms with Crippen LogP contribution in [0.3, 0.4) is 0 Å². The van der Waals surface area contributed by atoms with Crippen LogP contribution < -0.4 is 10.3 Å². The minimum atomic E-state index is -0.519. The number of H-pyrrole nitrogens is 1. The van der Waals surface area contributed by atoms with Crippen molar-refractivity contribution in [1.29, 1.82) is 0 Å². The van der Waals surface area contributed by atoms with Gasteiger partial charge in [0.25, 0.3) is 5.56 Å². The molecule has 3 heterocycles. The fraction of sp³-hybridized carbons (Fsp3) is 0.280. The highest BCUT2D eigenvalue weighted by molar-refractivity contribution is 7.17. The second kappa shape index (κ2) is 10.6. The van der Waals surface area contributed by atoms with Gasteiger partial charge in [-0.2, -0.15) is 0 Å². The van der Waals surface area contributed by atoms with Gasteiger partial charge < -0.3 is 19.2 Å². The lowest BCUT2D eigenvalue weighted by Gasteiger charge is -2.23. The molecule has 0 bridgehead atoms. The molecule has 0 aliphatic carbocycles. The van der Waals surface area contributed by atoms with Crippen molar-refractivity contribution in [1.82, 2.24) is 14.9 Å². The zero-order valence-corrected chi connectivity index (χ0v) is 19.3. The number of rotatable bonds is 11. The average Bonchev–Trinajstić information content (AvgIpc) is 3.48. The Morgan fingerprint density at radius 2 is 2.21 bits per heavy atom. The van der Waals surface area contributed by atoms with Crippen molar-refractivity contribution >= 4 is 21.6 Å². The molecule has 1 unspecified atom stereocenters. The van der Waals surface area contributed by atoms with Crippen LogP contribution in [0, 0.1) is 0 Å². The third-order valence-corrected chi connectivity index (χ3v) is 6.25. The number of methoxy groups -OCH3 is 1. The molecular weight excluding hydrogens is 438 g/mol. The Hall–Kier alpha value is -3.20. The van der Waals surface area contributed by atoms with E-state index in [0.29, 0.717) is 42.1 Å². The molecule has 0 saturated heterocycles. The zero-order chi connectivity index (χ0) is 23.2. The molecule has 1 atom stereocenters. The molecule has 4 rings (SSSR count). The first kappa shape index (κ1) is 23.0. The first-order chi connectivity index (χ1) is 16.1. The van der Waals surface area contributed by atoms with Gasteiger partial charge in [-0.25, -0.2) is 4.98 Å². The van der Waals surface area contributed by atoms with Crippen LogP contribution in [0.4, 0.5) is 0 Å². The number of aliphatic hydroxyl groups excluding tert-OH is 1. The van der Waals surface area contributed by atoms with Gasteiger partial charge in [-0.1, -0.05) is 18.2 Å². The molecule has 0 radical (unpaired) electrons. The van der Waals surface area contributed by atoms with E-state index in [0.717, 1.165) is 29.1 Å². The Bertz CT molecular complexity index is 1260. The maximum atomic E-state index is 13.1. The van der Waals surface area contributed by atoms with Gasteiger partial charge in [-0.3, -0.25) is 9.69 Å². The number of aromatic nitrogens is 2. The van der Waals surface area contributed by atoms with E-state index in [1.54, 1.807) is 19.4 Å². The molecule has 0 spiro atoms. The van der Waals surface area contributed by atoms with E-state index < -0.39 is 6.10 Å². The van der Waals surface area contributed by atoms with Crippen LogP contribution in [0.5, 0.6) is 5.75 Å². The lowest BCUT2D eigenvalue weighted by Crippen LogP contribution is -2.32. The first-order valence-corrected chi connectivity index (χ1v) is 11.6. The second-order valence-corrected chi connectivity index (χ2v) is 8.70. The van der Waals surface area contributed by atoms with E-state index in [-0.39, 0.29) is 5.56 Å². The van der Waals surface area contributed by atoms with Gasteiger partial charge in [0.15, 0.2) is 0 Å². The molecule has 0 aliphatic rings. The van der Waals surface area contributed by atoms with Crippen LogP contribution in [-0.4, -0.2) is 39.7 Å². The molecule has 1 aromatic carbocycles. The van der Waals surface area contributed by atoms with E-state index >= 15 is 0 Å². The normalized spacial score (nSPS) is 12.3. The highest BCUT2D eigenvalue weighted by Gasteiger charge is 2.18. The quantitative estimate of drug-likeness (QED) is 0.315. The smallest absolute Gasteiger partial charge is 0.260 e. The molecule has 3 aromatic heterocycles. The average molecular weight is 466 g/mol. The third kappa shape index (κ3) is 5.60. The number of furan rings is 1. The number of nitrogens with zero attached hydrogens (tertiary/aromatic N) is 2. The van der Waals surface area contributed by atoms with Gasteiger partial charge >= 0.3 is 0 Å². The SMILES string of the molecule is C=CCCC(O)CN(Cc1nc2scc(-c3cccc(OC)c3)c2c(=O)[nH]1)Cc1ccco1. The van der Waals surface area contributed by atoms with Crippen LogP contribution in [0.1, 0.15) is 24.4 Å². The van der Waals surface area contributed by atoms with Crippen molar-refractivity contribution in [3.05, 3.63) is 82.6 Å². The summed E-state index contributed by atoms with van der Waals surface area (Å²) in [6.45, 7) is 5.02. The Morgan fingerprint density at radius 3 is 2.97 bits per heavy atom. The Labute approximate surface area is 196 Å². The van der Waals surface area contributed by atoms with Gasteiger partial charge in [0.2, 0.25) is 0 Å². The van der Waals surface area contributed by atoms with Crippen molar-refractivity contribution in [3.8, 4) is 16.9 Å². The summed E-state index contributed by atoms with van der Waals surface area (Å²) < 4.78 is 10.8. The summed E-state index contributed by atoms with van der Waals surface area (Å²) in [6.07, 6.45) is 4.26. The molecule has 0 saturated carbocycles. The number of benzene rings is 1. The van der Waals surface area contributed by atoms with E-state index in [2.05, 4.69) is 11.6 Å². The maximum absolute atomic E-state index is 13.1. The summed E-state index contributed by atoms with van der Waals surface area (Å²) in [5.41, 5.74) is 1.56. The number of thiophene rings is 1. The Balaban J connectivity index is 1.60. The minimum Gasteiger partial charge on any atom is -0.497 e. The maximum Gasteiger partial charge on any atom is 0.260 e. The molecule has 0 fully saturated rings. The number of nitrogens with one attached hydrogen (secondary N) is 1. The zero-order valence-electron chi connectivity index (χ0n) is 18.5. The Morgan fingerprint density at radius 1 is 1.33 bits per heavy atom. The van der Waals surface area contributed by atoms with Crippen LogP contribution in [0.25, 0.3) is 21.3 Å². The molecule has 33 heavy (non-hydrogen) atoms. The molecular formula is C25H27N3O4S. The number of hydrogen-bond donors (Lipinski definition) is 2. The third-order valence-electron chi connectivity index (χ3n) is 5.38. The van der Waals surface area contributed by atoms with E-state index in [4.69, 9.17) is 14.1 Å². The number of aliphatic hydroxyl groups is 1. The van der Waals surface area contributed by atoms with Gasteiger partial charge in [0, 0.05) is 17.5 Å².